The summed E-state index contributed by atoms with van der Waals surface area (Å²) in [6, 6.07) is 5.28. The third kappa shape index (κ3) is 3.45. The van der Waals surface area contributed by atoms with Crippen molar-refractivity contribution in [3.05, 3.63) is 32.8 Å². The number of nitrogens with zero attached hydrogens (tertiary/aromatic N) is 2. The molecular weight excluding hydrogens is 310 g/mol. The van der Waals surface area contributed by atoms with Crippen molar-refractivity contribution in [3.8, 4) is 0 Å². The molecule has 1 saturated heterocycles. The van der Waals surface area contributed by atoms with Gasteiger partial charge in [0.15, 0.2) is 0 Å². The number of hydrogen-bond acceptors (Lipinski definition) is 4. The average Bonchev–Trinajstić information content (AvgIpc) is 2.39. The summed E-state index contributed by atoms with van der Waals surface area (Å²) in [7, 11) is 1.95. The number of rotatable bonds is 4. The Morgan fingerprint density at radius 1 is 1.58 bits per heavy atom. The van der Waals surface area contributed by atoms with Crippen LogP contribution in [0.5, 0.6) is 0 Å². The first-order valence-corrected chi connectivity index (χ1v) is 7.24. The standard InChI is InChI=1S/C13H18BrN3O2/c1-15-8-10-3-2-6-16(9-10)12-5-4-11(14)7-13(12)17(18)19/h4-5,7,10,15H,2-3,6,8-9H2,1H3. The van der Waals surface area contributed by atoms with E-state index in [4.69, 9.17) is 0 Å². The van der Waals surface area contributed by atoms with Crippen molar-refractivity contribution in [2.24, 2.45) is 5.92 Å². The molecule has 0 saturated carbocycles. The van der Waals surface area contributed by atoms with Crippen molar-refractivity contribution in [2.75, 3.05) is 31.6 Å². The molecule has 104 valence electrons. The summed E-state index contributed by atoms with van der Waals surface area (Å²) in [6.45, 7) is 2.73. The Labute approximate surface area is 121 Å². The van der Waals surface area contributed by atoms with Gasteiger partial charge in [0.05, 0.1) is 4.92 Å². The molecule has 0 aromatic heterocycles. The van der Waals surface area contributed by atoms with Crippen molar-refractivity contribution in [1.82, 2.24) is 5.32 Å². The SMILES string of the molecule is CNCC1CCCN(c2ccc(Br)cc2[N+](=O)[O-])C1. The first kappa shape index (κ1) is 14.3. The Morgan fingerprint density at radius 3 is 3.05 bits per heavy atom. The molecule has 0 bridgehead atoms. The van der Waals surface area contributed by atoms with Crippen molar-refractivity contribution in [2.45, 2.75) is 12.8 Å². The Kier molecular flexibility index (Phi) is 4.76. The van der Waals surface area contributed by atoms with Gasteiger partial charge in [-0.1, -0.05) is 15.9 Å². The van der Waals surface area contributed by atoms with Gasteiger partial charge in [-0.05, 0) is 44.5 Å². The molecule has 1 N–H and O–H groups in total. The monoisotopic (exact) mass is 327 g/mol. The number of anilines is 1. The summed E-state index contributed by atoms with van der Waals surface area (Å²) in [5.41, 5.74) is 0.911. The molecule has 6 heteroatoms. The lowest BCUT2D eigenvalue weighted by molar-refractivity contribution is -0.384. The Balaban J connectivity index is 2.23. The van der Waals surface area contributed by atoms with Crippen LogP contribution in [-0.4, -0.2) is 31.6 Å². The van der Waals surface area contributed by atoms with Gasteiger partial charge in [-0.2, -0.15) is 0 Å². The van der Waals surface area contributed by atoms with Crippen LogP contribution in [0.15, 0.2) is 22.7 Å². The Morgan fingerprint density at radius 2 is 2.37 bits per heavy atom. The largest absolute Gasteiger partial charge is 0.366 e. The number of nitrogens with one attached hydrogen (secondary N) is 1. The highest BCUT2D eigenvalue weighted by molar-refractivity contribution is 9.10. The van der Waals surface area contributed by atoms with Gasteiger partial charge in [0.25, 0.3) is 5.69 Å². The van der Waals surface area contributed by atoms with Gasteiger partial charge >= 0.3 is 0 Å². The number of piperidine rings is 1. The Bertz CT molecular complexity index is 465. The fraction of sp³-hybridized carbons (Fsp3) is 0.538. The second-order valence-corrected chi connectivity index (χ2v) is 5.82. The molecule has 1 heterocycles. The van der Waals surface area contributed by atoms with Gasteiger partial charge < -0.3 is 10.2 Å². The first-order chi connectivity index (χ1) is 9.11. The predicted octanol–water partition coefficient (Wildman–Crippen LogP) is 2.79. The van der Waals surface area contributed by atoms with Crippen LogP contribution in [0.2, 0.25) is 0 Å². The highest BCUT2D eigenvalue weighted by atomic mass is 79.9. The van der Waals surface area contributed by atoms with Crippen molar-refractivity contribution < 1.29 is 4.92 Å². The van der Waals surface area contributed by atoms with Crippen LogP contribution >= 0.6 is 15.9 Å². The third-order valence-corrected chi connectivity index (χ3v) is 3.98. The van der Waals surface area contributed by atoms with Crippen LogP contribution in [0.4, 0.5) is 11.4 Å². The van der Waals surface area contributed by atoms with Gasteiger partial charge in [0.2, 0.25) is 0 Å². The fourth-order valence-electron chi connectivity index (χ4n) is 2.65. The third-order valence-electron chi connectivity index (χ3n) is 3.49. The van der Waals surface area contributed by atoms with E-state index in [0.29, 0.717) is 5.92 Å². The number of hydrogen-bond donors (Lipinski definition) is 1. The van der Waals surface area contributed by atoms with Gasteiger partial charge in [0, 0.05) is 23.6 Å². The first-order valence-electron chi connectivity index (χ1n) is 6.45. The molecule has 1 aromatic carbocycles. The minimum absolute atomic E-state index is 0.180. The quantitative estimate of drug-likeness (QED) is 0.682. The second-order valence-electron chi connectivity index (χ2n) is 4.90. The lowest BCUT2D eigenvalue weighted by atomic mass is 9.97. The zero-order valence-corrected chi connectivity index (χ0v) is 12.5. The van der Waals surface area contributed by atoms with E-state index in [1.807, 2.05) is 19.2 Å². The molecule has 19 heavy (non-hydrogen) atoms. The summed E-state index contributed by atoms with van der Waals surface area (Å²) in [6.07, 6.45) is 2.27. The van der Waals surface area contributed by atoms with Gasteiger partial charge in [-0.3, -0.25) is 10.1 Å². The summed E-state index contributed by atoms with van der Waals surface area (Å²) in [5.74, 6) is 0.557. The zero-order valence-electron chi connectivity index (χ0n) is 10.9. The normalized spacial score (nSPS) is 19.5. The number of benzene rings is 1. The molecule has 0 amide bonds. The molecule has 1 aliphatic heterocycles. The summed E-state index contributed by atoms with van der Waals surface area (Å²) >= 11 is 3.29. The molecule has 0 aliphatic carbocycles. The Hall–Kier alpha value is -1.14. The van der Waals surface area contributed by atoms with Crippen molar-refractivity contribution in [1.29, 1.82) is 0 Å². The number of halogens is 1. The van der Waals surface area contributed by atoms with E-state index in [1.54, 1.807) is 6.07 Å². The molecule has 1 fully saturated rings. The number of nitro benzene ring substituents is 1. The molecule has 0 radical (unpaired) electrons. The fourth-order valence-corrected chi connectivity index (χ4v) is 3.00. The van der Waals surface area contributed by atoms with E-state index < -0.39 is 0 Å². The molecule has 5 nitrogen and oxygen atoms in total. The van der Waals surface area contributed by atoms with Gasteiger partial charge in [-0.25, -0.2) is 0 Å². The lowest BCUT2D eigenvalue weighted by Gasteiger charge is -2.34. The summed E-state index contributed by atoms with van der Waals surface area (Å²) < 4.78 is 0.742. The van der Waals surface area contributed by atoms with Crippen LogP contribution < -0.4 is 10.2 Å². The van der Waals surface area contributed by atoms with E-state index in [0.717, 1.165) is 36.2 Å². The van der Waals surface area contributed by atoms with Crippen LogP contribution in [0, 0.1) is 16.0 Å². The van der Waals surface area contributed by atoms with E-state index >= 15 is 0 Å². The number of nitro groups is 1. The summed E-state index contributed by atoms with van der Waals surface area (Å²) in [4.78, 5) is 13.0. The van der Waals surface area contributed by atoms with E-state index in [9.17, 15) is 10.1 Å². The van der Waals surface area contributed by atoms with Gasteiger partial charge in [-0.15, -0.1) is 0 Å². The molecule has 1 unspecified atom stereocenters. The molecule has 1 aromatic rings. The van der Waals surface area contributed by atoms with Crippen LogP contribution in [0.3, 0.4) is 0 Å². The van der Waals surface area contributed by atoms with Crippen molar-refractivity contribution >= 4 is 27.3 Å². The maximum atomic E-state index is 11.2. The molecule has 1 aliphatic rings. The van der Waals surface area contributed by atoms with E-state index in [2.05, 4.69) is 26.1 Å². The maximum Gasteiger partial charge on any atom is 0.293 e. The zero-order chi connectivity index (χ0) is 13.8. The molecule has 2 rings (SSSR count). The predicted molar refractivity (Wildman–Crippen MR) is 79.7 cm³/mol. The lowest BCUT2D eigenvalue weighted by Crippen LogP contribution is -2.39. The highest BCUT2D eigenvalue weighted by Gasteiger charge is 2.25. The molecular formula is C13H18BrN3O2. The molecule has 0 spiro atoms. The summed E-state index contributed by atoms with van der Waals surface area (Å²) in [5, 5.41) is 14.4. The second kappa shape index (κ2) is 6.34. The topological polar surface area (TPSA) is 58.4 Å². The smallest absolute Gasteiger partial charge is 0.293 e. The highest BCUT2D eigenvalue weighted by Crippen LogP contribution is 2.33. The van der Waals surface area contributed by atoms with Crippen LogP contribution in [-0.2, 0) is 0 Å². The van der Waals surface area contributed by atoms with Crippen molar-refractivity contribution in [3.63, 3.8) is 0 Å². The maximum absolute atomic E-state index is 11.2. The van der Waals surface area contributed by atoms with Crippen LogP contribution in [0.25, 0.3) is 0 Å². The van der Waals surface area contributed by atoms with E-state index in [1.165, 1.54) is 6.42 Å². The van der Waals surface area contributed by atoms with Crippen LogP contribution in [0.1, 0.15) is 12.8 Å². The minimum Gasteiger partial charge on any atom is -0.366 e. The van der Waals surface area contributed by atoms with E-state index in [-0.39, 0.29) is 10.6 Å². The van der Waals surface area contributed by atoms with Gasteiger partial charge in [0.1, 0.15) is 5.69 Å². The minimum atomic E-state index is -0.304. The molecule has 1 atom stereocenters. The average molecular weight is 328 g/mol.